The summed E-state index contributed by atoms with van der Waals surface area (Å²) in [5, 5.41) is 2.95. The fourth-order valence-corrected chi connectivity index (χ4v) is 3.22. The molecule has 2 bridgehead atoms. The summed E-state index contributed by atoms with van der Waals surface area (Å²) < 4.78 is 4.99. The van der Waals surface area contributed by atoms with Crippen LogP contribution >= 0.6 is 0 Å². The third-order valence-electron chi connectivity index (χ3n) is 3.78. The Morgan fingerprint density at radius 2 is 2.17 bits per heavy atom. The molecule has 0 aromatic rings. The molecule has 2 saturated carbocycles. The maximum atomic E-state index is 10.9. The third-order valence-corrected chi connectivity index (χ3v) is 3.78. The molecule has 3 nitrogen and oxygen atoms in total. The van der Waals surface area contributed by atoms with Gasteiger partial charge in [-0.2, -0.15) is 0 Å². The summed E-state index contributed by atoms with van der Waals surface area (Å²) in [6, 6.07) is 0.449. The first-order chi connectivity index (χ1) is 5.84. The number of rotatable bonds is 0. The van der Waals surface area contributed by atoms with Gasteiger partial charge in [-0.1, -0.05) is 0 Å². The monoisotopic (exact) mass is 167 g/mol. The molecule has 0 aromatic carbocycles. The zero-order chi connectivity index (χ0) is 8.13. The Bertz CT molecular complexity index is 229. The van der Waals surface area contributed by atoms with E-state index < -0.39 is 0 Å². The average molecular weight is 167 g/mol. The van der Waals surface area contributed by atoms with Crippen LogP contribution in [0.4, 0.5) is 4.79 Å². The Kier molecular flexibility index (Phi) is 1.21. The number of alkyl carbamates (subject to hydrolysis) is 1. The summed E-state index contributed by atoms with van der Waals surface area (Å²) in [5.41, 5.74) is 0. The SMILES string of the molecule is O=C1NC2C3CCC(C3)C2CO1. The van der Waals surface area contributed by atoms with E-state index in [2.05, 4.69) is 5.32 Å². The van der Waals surface area contributed by atoms with Crippen molar-refractivity contribution in [3.63, 3.8) is 0 Å². The highest BCUT2D eigenvalue weighted by Crippen LogP contribution is 2.49. The van der Waals surface area contributed by atoms with E-state index in [-0.39, 0.29) is 6.09 Å². The second-order valence-corrected chi connectivity index (χ2v) is 4.27. The van der Waals surface area contributed by atoms with Crippen molar-refractivity contribution >= 4 is 6.09 Å². The van der Waals surface area contributed by atoms with Crippen LogP contribution in [0.25, 0.3) is 0 Å². The number of hydrogen-bond acceptors (Lipinski definition) is 2. The maximum Gasteiger partial charge on any atom is 0.407 e. The lowest BCUT2D eigenvalue weighted by Gasteiger charge is -2.34. The summed E-state index contributed by atoms with van der Waals surface area (Å²) >= 11 is 0. The van der Waals surface area contributed by atoms with Gasteiger partial charge >= 0.3 is 6.09 Å². The first-order valence-electron chi connectivity index (χ1n) is 4.78. The second kappa shape index (κ2) is 2.15. The first kappa shape index (κ1) is 6.75. The van der Waals surface area contributed by atoms with Gasteiger partial charge in [0.05, 0.1) is 6.61 Å². The van der Waals surface area contributed by atoms with Crippen molar-refractivity contribution in [3.8, 4) is 0 Å². The van der Waals surface area contributed by atoms with Crippen molar-refractivity contribution in [1.82, 2.24) is 5.32 Å². The van der Waals surface area contributed by atoms with E-state index in [4.69, 9.17) is 4.74 Å². The number of nitrogens with one attached hydrogen (secondary N) is 1. The lowest BCUT2D eigenvalue weighted by atomic mass is 9.84. The molecule has 3 rings (SSSR count). The number of hydrogen-bond donors (Lipinski definition) is 1. The van der Waals surface area contributed by atoms with Gasteiger partial charge in [-0.15, -0.1) is 0 Å². The van der Waals surface area contributed by atoms with E-state index in [0.29, 0.717) is 18.6 Å². The average Bonchev–Trinajstić information content (AvgIpc) is 2.63. The molecule has 3 fully saturated rings. The minimum atomic E-state index is -0.205. The number of carbonyl (C=O) groups excluding carboxylic acids is 1. The van der Waals surface area contributed by atoms with Gasteiger partial charge in [0.15, 0.2) is 0 Å². The molecule has 1 aliphatic heterocycles. The normalized spacial score (nSPS) is 49.8. The predicted octanol–water partition coefficient (Wildman–Crippen LogP) is 1.14. The summed E-state index contributed by atoms with van der Waals surface area (Å²) in [6.07, 6.45) is 3.78. The highest BCUT2D eigenvalue weighted by atomic mass is 16.6. The molecule has 3 heteroatoms. The predicted molar refractivity (Wildman–Crippen MR) is 42.6 cm³/mol. The molecular formula is C9H13NO2. The molecule has 4 atom stereocenters. The molecule has 0 spiro atoms. The lowest BCUT2D eigenvalue weighted by Crippen LogP contribution is -2.50. The third kappa shape index (κ3) is 0.740. The minimum absolute atomic E-state index is 0.205. The quantitative estimate of drug-likeness (QED) is 0.587. The Labute approximate surface area is 71.5 Å². The number of cyclic esters (lactones) is 1. The second-order valence-electron chi connectivity index (χ2n) is 4.27. The lowest BCUT2D eigenvalue weighted by molar-refractivity contribution is 0.0599. The number of fused-ring (bicyclic) bond motifs is 5. The number of carbonyl (C=O) groups is 1. The molecule has 12 heavy (non-hydrogen) atoms. The van der Waals surface area contributed by atoms with Gasteiger partial charge in [0.25, 0.3) is 0 Å². The van der Waals surface area contributed by atoms with Crippen molar-refractivity contribution in [2.24, 2.45) is 17.8 Å². The molecule has 66 valence electrons. The van der Waals surface area contributed by atoms with Crippen LogP contribution in [0.5, 0.6) is 0 Å². The van der Waals surface area contributed by atoms with Gasteiger partial charge in [-0.25, -0.2) is 4.79 Å². The Balaban J connectivity index is 1.85. The van der Waals surface area contributed by atoms with E-state index in [9.17, 15) is 4.79 Å². The zero-order valence-corrected chi connectivity index (χ0v) is 6.95. The molecule has 4 unspecified atom stereocenters. The molecular weight excluding hydrogens is 154 g/mol. The van der Waals surface area contributed by atoms with Gasteiger partial charge in [0.2, 0.25) is 0 Å². The molecule has 1 amide bonds. The van der Waals surface area contributed by atoms with Gasteiger partial charge in [0, 0.05) is 12.0 Å². The van der Waals surface area contributed by atoms with E-state index in [1.54, 1.807) is 0 Å². The van der Waals surface area contributed by atoms with Crippen LogP contribution in [0.2, 0.25) is 0 Å². The van der Waals surface area contributed by atoms with Crippen molar-refractivity contribution in [2.45, 2.75) is 25.3 Å². The van der Waals surface area contributed by atoms with Crippen LogP contribution in [0.15, 0.2) is 0 Å². The number of amides is 1. The van der Waals surface area contributed by atoms with Crippen LogP contribution in [-0.4, -0.2) is 18.7 Å². The molecule has 1 saturated heterocycles. The Morgan fingerprint density at radius 1 is 1.33 bits per heavy atom. The highest BCUT2D eigenvalue weighted by molar-refractivity contribution is 5.68. The smallest absolute Gasteiger partial charge is 0.407 e. The minimum Gasteiger partial charge on any atom is -0.449 e. The van der Waals surface area contributed by atoms with Crippen LogP contribution in [-0.2, 0) is 4.74 Å². The Hall–Kier alpha value is -0.730. The molecule has 1 N–H and O–H groups in total. The van der Waals surface area contributed by atoms with Crippen LogP contribution in [0, 0.1) is 17.8 Å². The van der Waals surface area contributed by atoms with Gasteiger partial charge in [-0.3, -0.25) is 0 Å². The molecule has 0 aromatic heterocycles. The van der Waals surface area contributed by atoms with Gasteiger partial charge in [-0.05, 0) is 31.1 Å². The van der Waals surface area contributed by atoms with Crippen LogP contribution in [0.3, 0.4) is 0 Å². The van der Waals surface area contributed by atoms with Crippen molar-refractivity contribution < 1.29 is 9.53 Å². The summed E-state index contributed by atoms with van der Waals surface area (Å²) in [7, 11) is 0. The van der Waals surface area contributed by atoms with E-state index >= 15 is 0 Å². The fraction of sp³-hybridized carbons (Fsp3) is 0.889. The molecule has 2 aliphatic carbocycles. The topological polar surface area (TPSA) is 38.3 Å². The molecule has 3 aliphatic rings. The fourth-order valence-electron chi connectivity index (χ4n) is 3.22. The molecule has 1 heterocycles. The maximum absolute atomic E-state index is 10.9. The highest BCUT2D eigenvalue weighted by Gasteiger charge is 2.50. The largest absolute Gasteiger partial charge is 0.449 e. The van der Waals surface area contributed by atoms with E-state index in [1.807, 2.05) is 0 Å². The van der Waals surface area contributed by atoms with Crippen LogP contribution < -0.4 is 5.32 Å². The van der Waals surface area contributed by atoms with Crippen LogP contribution in [0.1, 0.15) is 19.3 Å². The standard InChI is InChI=1S/C9H13NO2/c11-9-10-8-6-2-1-5(3-6)7(8)4-12-9/h5-8H,1-4H2,(H,10,11). The summed E-state index contributed by atoms with van der Waals surface area (Å²) in [4.78, 5) is 10.9. The van der Waals surface area contributed by atoms with E-state index in [1.165, 1.54) is 19.3 Å². The van der Waals surface area contributed by atoms with Gasteiger partial charge < -0.3 is 10.1 Å². The number of ether oxygens (including phenoxy) is 1. The zero-order valence-electron chi connectivity index (χ0n) is 6.95. The summed E-state index contributed by atoms with van der Waals surface area (Å²) in [5.74, 6) is 2.22. The van der Waals surface area contributed by atoms with Crippen molar-refractivity contribution in [2.75, 3.05) is 6.61 Å². The molecule has 0 radical (unpaired) electrons. The van der Waals surface area contributed by atoms with Crippen molar-refractivity contribution in [3.05, 3.63) is 0 Å². The van der Waals surface area contributed by atoms with Crippen molar-refractivity contribution in [1.29, 1.82) is 0 Å². The first-order valence-corrected chi connectivity index (χ1v) is 4.78. The summed E-state index contributed by atoms with van der Waals surface area (Å²) in [6.45, 7) is 0.664. The Morgan fingerprint density at radius 3 is 3.08 bits per heavy atom. The van der Waals surface area contributed by atoms with Gasteiger partial charge in [0.1, 0.15) is 0 Å². The van der Waals surface area contributed by atoms with E-state index in [0.717, 1.165) is 11.8 Å².